The van der Waals surface area contributed by atoms with E-state index in [9.17, 15) is 0 Å². The molecule has 1 unspecified atom stereocenters. The minimum atomic E-state index is 0.580. The van der Waals surface area contributed by atoms with Gasteiger partial charge in [-0.1, -0.05) is 38.1 Å². The van der Waals surface area contributed by atoms with E-state index in [4.69, 9.17) is 0 Å². The lowest BCUT2D eigenvalue weighted by atomic mass is 9.86. The summed E-state index contributed by atoms with van der Waals surface area (Å²) in [4.78, 5) is 0. The van der Waals surface area contributed by atoms with Crippen LogP contribution in [0.5, 0.6) is 0 Å². The van der Waals surface area contributed by atoms with Gasteiger partial charge in [-0.15, -0.1) is 0 Å². The van der Waals surface area contributed by atoms with Crippen LogP contribution in [0.4, 0.5) is 0 Å². The molecule has 0 radical (unpaired) electrons. The van der Waals surface area contributed by atoms with Gasteiger partial charge in [-0.3, -0.25) is 5.10 Å². The highest BCUT2D eigenvalue weighted by Gasteiger charge is 2.23. The number of aromatic nitrogens is 2. The monoisotopic (exact) mass is 226 g/mol. The molecule has 3 rings (SSSR count). The van der Waals surface area contributed by atoms with E-state index < -0.39 is 0 Å². The van der Waals surface area contributed by atoms with Crippen molar-refractivity contribution in [2.75, 3.05) is 0 Å². The zero-order valence-electron chi connectivity index (χ0n) is 10.5. The maximum absolute atomic E-state index is 4.54. The summed E-state index contributed by atoms with van der Waals surface area (Å²) in [5.41, 5.74) is 6.72. The Bertz CT molecular complexity index is 540. The summed E-state index contributed by atoms with van der Waals surface area (Å²) < 4.78 is 0. The highest BCUT2D eigenvalue weighted by molar-refractivity contribution is 5.70. The normalized spacial score (nSPS) is 15.2. The number of aryl methyl sites for hydroxylation is 1. The lowest BCUT2D eigenvalue weighted by Gasteiger charge is -2.17. The number of aromatic amines is 1. The topological polar surface area (TPSA) is 28.7 Å². The molecule has 2 heteroatoms. The molecule has 0 saturated carbocycles. The molecule has 17 heavy (non-hydrogen) atoms. The first-order valence-electron chi connectivity index (χ1n) is 6.46. The highest BCUT2D eigenvalue weighted by Crippen LogP contribution is 2.35. The number of hydrogen-bond donors (Lipinski definition) is 1. The quantitative estimate of drug-likeness (QED) is 0.831. The fraction of sp³-hybridized carbons (Fsp3) is 0.400. The summed E-state index contributed by atoms with van der Waals surface area (Å²) in [5.74, 6) is 0.580. The van der Waals surface area contributed by atoms with Crippen molar-refractivity contribution >= 4 is 0 Å². The molecular weight excluding hydrogens is 208 g/mol. The van der Waals surface area contributed by atoms with Crippen molar-refractivity contribution < 1.29 is 0 Å². The van der Waals surface area contributed by atoms with Crippen molar-refractivity contribution in [3.63, 3.8) is 0 Å². The third-order valence-electron chi connectivity index (χ3n) is 3.92. The van der Waals surface area contributed by atoms with Crippen LogP contribution in [-0.4, -0.2) is 10.2 Å². The number of rotatable bonds is 2. The molecular formula is C15H18N2. The number of H-pyrrole nitrogens is 1. The minimum absolute atomic E-state index is 0.580. The minimum Gasteiger partial charge on any atom is -0.281 e. The molecule has 1 aromatic carbocycles. The Labute approximate surface area is 102 Å². The first kappa shape index (κ1) is 10.6. The van der Waals surface area contributed by atoms with Gasteiger partial charge in [0.2, 0.25) is 0 Å². The molecule has 1 aliphatic carbocycles. The third kappa shape index (κ3) is 1.59. The van der Waals surface area contributed by atoms with Crippen molar-refractivity contribution in [3.8, 4) is 11.3 Å². The molecule has 1 aliphatic rings. The van der Waals surface area contributed by atoms with E-state index in [0.29, 0.717) is 5.92 Å². The van der Waals surface area contributed by atoms with Gasteiger partial charge in [-0.05, 0) is 30.7 Å². The molecule has 0 saturated heterocycles. The van der Waals surface area contributed by atoms with Gasteiger partial charge in [0.05, 0.1) is 5.69 Å². The molecule has 0 fully saturated rings. The van der Waals surface area contributed by atoms with Crippen LogP contribution >= 0.6 is 0 Å². The summed E-state index contributed by atoms with van der Waals surface area (Å²) in [7, 11) is 0. The lowest BCUT2D eigenvalue weighted by molar-refractivity contribution is 0.693. The van der Waals surface area contributed by atoms with E-state index >= 15 is 0 Å². The van der Waals surface area contributed by atoms with Gasteiger partial charge < -0.3 is 0 Å². The van der Waals surface area contributed by atoms with E-state index in [1.54, 1.807) is 0 Å². The van der Waals surface area contributed by atoms with Crippen LogP contribution in [0, 0.1) is 0 Å². The van der Waals surface area contributed by atoms with Crippen LogP contribution in [-0.2, 0) is 12.8 Å². The summed E-state index contributed by atoms with van der Waals surface area (Å²) in [6.45, 7) is 4.50. The lowest BCUT2D eigenvalue weighted by Crippen LogP contribution is -2.05. The maximum atomic E-state index is 4.54. The van der Waals surface area contributed by atoms with Crippen LogP contribution in [0.1, 0.15) is 43.0 Å². The second kappa shape index (κ2) is 4.02. The van der Waals surface area contributed by atoms with Gasteiger partial charge in [0, 0.05) is 16.8 Å². The molecule has 1 N–H and O–H groups in total. The number of fused-ring (bicyclic) bond motifs is 3. The van der Waals surface area contributed by atoms with Crippen molar-refractivity contribution in [1.82, 2.24) is 10.2 Å². The van der Waals surface area contributed by atoms with Crippen LogP contribution in [0.2, 0.25) is 0 Å². The molecule has 0 aliphatic heterocycles. The van der Waals surface area contributed by atoms with Crippen molar-refractivity contribution in [2.45, 2.75) is 39.0 Å². The second-order valence-electron chi connectivity index (χ2n) is 4.93. The summed E-state index contributed by atoms with van der Waals surface area (Å²) in [5, 5.41) is 7.80. The molecule has 0 bridgehead atoms. The SMILES string of the molecule is CCC(C)c1[nH]nc2c1CCc1ccccc1-2. The first-order chi connectivity index (χ1) is 8.31. The third-order valence-corrected chi connectivity index (χ3v) is 3.92. The number of benzene rings is 1. The van der Waals surface area contributed by atoms with E-state index in [0.717, 1.165) is 19.3 Å². The van der Waals surface area contributed by atoms with Gasteiger partial charge in [-0.2, -0.15) is 5.10 Å². The fourth-order valence-electron chi connectivity index (χ4n) is 2.70. The molecule has 1 aromatic heterocycles. The van der Waals surface area contributed by atoms with Crippen LogP contribution in [0.3, 0.4) is 0 Å². The smallest absolute Gasteiger partial charge is 0.0958 e. The van der Waals surface area contributed by atoms with E-state index in [-0.39, 0.29) is 0 Å². The fourth-order valence-corrected chi connectivity index (χ4v) is 2.70. The highest BCUT2D eigenvalue weighted by atomic mass is 15.1. The molecule has 0 amide bonds. The first-order valence-corrected chi connectivity index (χ1v) is 6.46. The molecule has 0 spiro atoms. The second-order valence-corrected chi connectivity index (χ2v) is 4.93. The molecule has 2 nitrogen and oxygen atoms in total. The Morgan fingerprint density at radius 2 is 2.12 bits per heavy atom. The zero-order chi connectivity index (χ0) is 11.8. The molecule has 1 heterocycles. The summed E-state index contributed by atoms with van der Waals surface area (Å²) >= 11 is 0. The maximum Gasteiger partial charge on any atom is 0.0958 e. The van der Waals surface area contributed by atoms with Crippen molar-refractivity contribution in [2.24, 2.45) is 0 Å². The average molecular weight is 226 g/mol. The Kier molecular flexibility index (Phi) is 2.50. The van der Waals surface area contributed by atoms with E-state index in [1.165, 1.54) is 28.1 Å². The van der Waals surface area contributed by atoms with Gasteiger partial charge >= 0.3 is 0 Å². The van der Waals surface area contributed by atoms with Crippen molar-refractivity contribution in [1.29, 1.82) is 0 Å². The average Bonchev–Trinajstić information content (AvgIpc) is 2.82. The predicted octanol–water partition coefficient (Wildman–Crippen LogP) is 3.69. The van der Waals surface area contributed by atoms with Crippen LogP contribution < -0.4 is 0 Å². The van der Waals surface area contributed by atoms with Gasteiger partial charge in [-0.25, -0.2) is 0 Å². The van der Waals surface area contributed by atoms with Gasteiger partial charge in [0.25, 0.3) is 0 Å². The van der Waals surface area contributed by atoms with Gasteiger partial charge in [0.1, 0.15) is 0 Å². The number of nitrogens with zero attached hydrogens (tertiary/aromatic N) is 1. The summed E-state index contributed by atoms with van der Waals surface area (Å²) in [6.07, 6.45) is 3.44. The van der Waals surface area contributed by atoms with Crippen molar-refractivity contribution in [3.05, 3.63) is 41.1 Å². The summed E-state index contributed by atoms with van der Waals surface area (Å²) in [6, 6.07) is 8.63. The zero-order valence-corrected chi connectivity index (χ0v) is 10.5. The largest absolute Gasteiger partial charge is 0.281 e. The van der Waals surface area contributed by atoms with Gasteiger partial charge in [0.15, 0.2) is 0 Å². The molecule has 1 atom stereocenters. The van der Waals surface area contributed by atoms with Crippen LogP contribution in [0.15, 0.2) is 24.3 Å². The molecule has 88 valence electrons. The van der Waals surface area contributed by atoms with Crippen LogP contribution in [0.25, 0.3) is 11.3 Å². The number of hydrogen-bond acceptors (Lipinski definition) is 1. The predicted molar refractivity (Wildman–Crippen MR) is 70.1 cm³/mol. The Hall–Kier alpha value is -1.57. The standard InChI is InChI=1S/C15H18N2/c1-3-10(2)14-13-9-8-11-6-4-5-7-12(11)15(13)17-16-14/h4-7,10H,3,8-9H2,1-2H3,(H,16,17). The Morgan fingerprint density at radius 1 is 1.29 bits per heavy atom. The Morgan fingerprint density at radius 3 is 2.94 bits per heavy atom. The van der Waals surface area contributed by atoms with E-state index in [1.807, 2.05) is 0 Å². The Balaban J connectivity index is 2.13. The molecule has 2 aromatic rings. The number of nitrogens with one attached hydrogen (secondary N) is 1. The van der Waals surface area contributed by atoms with E-state index in [2.05, 4.69) is 48.3 Å².